The maximum absolute atomic E-state index is 12.7. The molecule has 0 bridgehead atoms. The first-order valence-electron chi connectivity index (χ1n) is 5.17. The molecule has 1 saturated carbocycles. The van der Waals surface area contributed by atoms with Gasteiger partial charge in [0, 0.05) is 0 Å². The number of carbonyl (C=O) groups excluding carboxylic acids is 1. The minimum atomic E-state index is -4.50. The van der Waals surface area contributed by atoms with E-state index in [1.54, 1.807) is 17.8 Å². The first-order chi connectivity index (χ1) is 7.84. The van der Waals surface area contributed by atoms with Crippen molar-refractivity contribution < 1.29 is 27.3 Å². The Morgan fingerprint density at radius 3 is 2.47 bits per heavy atom. The fourth-order valence-corrected chi connectivity index (χ4v) is 1.72. The zero-order valence-electron chi connectivity index (χ0n) is 9.20. The predicted octanol–water partition coefficient (Wildman–Crippen LogP) is 1.78. The number of aromatic nitrogens is 2. The fourth-order valence-electron chi connectivity index (χ4n) is 1.72. The number of alkyl halides is 3. The molecular weight excluding hydrogens is 237 g/mol. The lowest BCUT2D eigenvalue weighted by atomic mass is 9.79. The Kier molecular flexibility index (Phi) is 2.63. The second-order valence-electron chi connectivity index (χ2n) is 4.20. The lowest BCUT2D eigenvalue weighted by molar-refractivity contribution is -0.670. The summed E-state index contributed by atoms with van der Waals surface area (Å²) in [5.41, 5.74) is -2.28. The van der Waals surface area contributed by atoms with Crippen molar-refractivity contribution in [1.29, 1.82) is 0 Å². The third kappa shape index (κ3) is 2.01. The molecule has 94 valence electrons. The van der Waals surface area contributed by atoms with E-state index in [0.717, 1.165) is 4.57 Å². The van der Waals surface area contributed by atoms with Gasteiger partial charge < -0.3 is 4.74 Å². The van der Waals surface area contributed by atoms with Crippen molar-refractivity contribution >= 4 is 6.09 Å². The summed E-state index contributed by atoms with van der Waals surface area (Å²) >= 11 is 0. The van der Waals surface area contributed by atoms with Crippen molar-refractivity contribution in [1.82, 2.24) is 4.57 Å². The Hall–Kier alpha value is -1.53. The average molecular weight is 249 g/mol. The van der Waals surface area contributed by atoms with E-state index in [4.69, 9.17) is 0 Å². The number of carbonyl (C=O) groups is 1. The first kappa shape index (κ1) is 11.9. The van der Waals surface area contributed by atoms with E-state index in [0.29, 0.717) is 6.42 Å². The van der Waals surface area contributed by atoms with Crippen LogP contribution in [0.3, 0.4) is 0 Å². The van der Waals surface area contributed by atoms with Crippen molar-refractivity contribution in [2.45, 2.75) is 31.0 Å². The summed E-state index contributed by atoms with van der Waals surface area (Å²) in [7, 11) is 1.66. The number of hydrogen-bond acceptors (Lipinski definition) is 2. The van der Waals surface area contributed by atoms with E-state index in [1.165, 1.54) is 12.5 Å². The molecule has 0 radical (unpaired) electrons. The maximum atomic E-state index is 12.7. The highest BCUT2D eigenvalue weighted by atomic mass is 19.4. The minimum absolute atomic E-state index is 0.157. The number of ether oxygens (including phenoxy) is 1. The molecule has 1 heterocycles. The summed E-state index contributed by atoms with van der Waals surface area (Å²) in [6, 6.07) is 0. The molecule has 1 aliphatic carbocycles. The number of hydrogen-bond donors (Lipinski definition) is 0. The highest BCUT2D eigenvalue weighted by molar-refractivity contribution is 5.70. The van der Waals surface area contributed by atoms with Crippen LogP contribution in [0.1, 0.15) is 19.3 Å². The topological polar surface area (TPSA) is 35.1 Å². The highest BCUT2D eigenvalue weighted by Crippen LogP contribution is 2.48. The zero-order valence-corrected chi connectivity index (χ0v) is 9.20. The molecule has 0 aromatic carbocycles. The van der Waals surface area contributed by atoms with Crippen molar-refractivity contribution in [2.24, 2.45) is 7.05 Å². The average Bonchev–Trinajstić information content (AvgIpc) is 2.55. The Labute approximate surface area is 95.6 Å². The van der Waals surface area contributed by atoms with Crippen LogP contribution in [0.25, 0.3) is 0 Å². The molecule has 4 nitrogen and oxygen atoms in total. The van der Waals surface area contributed by atoms with E-state index < -0.39 is 17.9 Å². The molecule has 1 aromatic rings. The van der Waals surface area contributed by atoms with Gasteiger partial charge in [-0.15, -0.1) is 4.57 Å². The van der Waals surface area contributed by atoms with Crippen LogP contribution in [0, 0.1) is 0 Å². The summed E-state index contributed by atoms with van der Waals surface area (Å²) < 4.78 is 45.4. The van der Waals surface area contributed by atoms with Gasteiger partial charge in [-0.25, -0.2) is 4.57 Å². The van der Waals surface area contributed by atoms with Crippen molar-refractivity contribution in [3.8, 4) is 0 Å². The lowest BCUT2D eigenvalue weighted by Crippen LogP contribution is -2.54. The summed E-state index contributed by atoms with van der Waals surface area (Å²) in [4.78, 5) is 11.5. The summed E-state index contributed by atoms with van der Waals surface area (Å²) in [6.07, 6.45) is -1.14. The molecule has 1 aromatic heterocycles. The molecule has 0 saturated heterocycles. The lowest BCUT2D eigenvalue weighted by Gasteiger charge is -2.40. The molecule has 0 amide bonds. The van der Waals surface area contributed by atoms with Gasteiger partial charge in [-0.3, -0.25) is 0 Å². The van der Waals surface area contributed by atoms with Gasteiger partial charge in [-0.05, 0) is 19.3 Å². The molecule has 7 heteroatoms. The standard InChI is InChI=1S/C10H12F3N2O2/c1-14-5-6-15(7-14)8(16)17-9(3-2-4-9)10(11,12)13/h5-7H,2-4H2,1H3/q+1. The van der Waals surface area contributed by atoms with Crippen molar-refractivity contribution in [3.05, 3.63) is 18.7 Å². The van der Waals surface area contributed by atoms with Crippen LogP contribution in [0.4, 0.5) is 18.0 Å². The van der Waals surface area contributed by atoms with Gasteiger partial charge in [0.1, 0.15) is 12.4 Å². The molecule has 1 fully saturated rings. The Bertz CT molecular complexity index is 435. The summed E-state index contributed by atoms with van der Waals surface area (Å²) in [5, 5.41) is 0. The zero-order chi connectivity index (χ0) is 12.7. The second-order valence-corrected chi connectivity index (χ2v) is 4.20. The highest BCUT2D eigenvalue weighted by Gasteiger charge is 2.62. The number of nitrogens with zero attached hydrogens (tertiary/aromatic N) is 2. The Morgan fingerprint density at radius 1 is 1.47 bits per heavy atom. The van der Waals surface area contributed by atoms with Gasteiger partial charge in [0.2, 0.25) is 5.60 Å². The van der Waals surface area contributed by atoms with Crippen molar-refractivity contribution in [2.75, 3.05) is 0 Å². The molecular formula is C10H12F3N2O2+. The minimum Gasteiger partial charge on any atom is -0.415 e. The van der Waals surface area contributed by atoms with Gasteiger partial charge in [0.15, 0.2) is 0 Å². The fraction of sp³-hybridized carbons (Fsp3) is 0.600. The van der Waals surface area contributed by atoms with Crippen LogP contribution in [0.2, 0.25) is 0 Å². The molecule has 2 rings (SSSR count). The third-order valence-electron chi connectivity index (χ3n) is 2.94. The van der Waals surface area contributed by atoms with E-state index in [2.05, 4.69) is 4.74 Å². The van der Waals surface area contributed by atoms with E-state index in [-0.39, 0.29) is 12.8 Å². The third-order valence-corrected chi connectivity index (χ3v) is 2.94. The largest absolute Gasteiger partial charge is 0.512 e. The maximum Gasteiger partial charge on any atom is 0.512 e. The Balaban J connectivity index is 2.13. The van der Waals surface area contributed by atoms with Gasteiger partial charge >= 0.3 is 12.3 Å². The molecule has 0 unspecified atom stereocenters. The first-order valence-corrected chi connectivity index (χ1v) is 5.17. The molecule has 0 N–H and O–H groups in total. The normalized spacial score (nSPS) is 18.6. The van der Waals surface area contributed by atoms with Crippen LogP contribution in [0.15, 0.2) is 18.7 Å². The van der Waals surface area contributed by atoms with Gasteiger partial charge in [-0.1, -0.05) is 0 Å². The van der Waals surface area contributed by atoms with E-state index in [9.17, 15) is 18.0 Å². The Morgan fingerprint density at radius 2 is 2.12 bits per heavy atom. The SMILES string of the molecule is C[n+]1ccn(C(=O)OC2(C(F)(F)F)CCC2)c1. The number of aryl methyl sites for hydroxylation is 1. The second kappa shape index (κ2) is 3.75. The van der Waals surface area contributed by atoms with Crippen molar-refractivity contribution in [3.63, 3.8) is 0 Å². The summed E-state index contributed by atoms with van der Waals surface area (Å²) in [6.45, 7) is 0. The molecule has 1 aliphatic rings. The number of rotatable bonds is 1. The summed E-state index contributed by atoms with van der Waals surface area (Å²) in [5.74, 6) is 0. The van der Waals surface area contributed by atoms with Crippen LogP contribution in [-0.2, 0) is 11.8 Å². The number of halogens is 3. The van der Waals surface area contributed by atoms with Crippen LogP contribution in [0.5, 0.6) is 0 Å². The van der Waals surface area contributed by atoms with E-state index >= 15 is 0 Å². The molecule has 17 heavy (non-hydrogen) atoms. The van der Waals surface area contributed by atoms with Crippen LogP contribution in [-0.4, -0.2) is 22.4 Å². The van der Waals surface area contributed by atoms with Gasteiger partial charge in [-0.2, -0.15) is 18.0 Å². The monoisotopic (exact) mass is 249 g/mol. The van der Waals surface area contributed by atoms with Gasteiger partial charge in [0.25, 0.3) is 6.33 Å². The van der Waals surface area contributed by atoms with Crippen LogP contribution < -0.4 is 4.57 Å². The van der Waals surface area contributed by atoms with E-state index in [1.807, 2.05) is 0 Å². The van der Waals surface area contributed by atoms with Crippen LogP contribution >= 0.6 is 0 Å². The smallest absolute Gasteiger partial charge is 0.415 e. The predicted molar refractivity (Wildman–Crippen MR) is 50.1 cm³/mol. The molecule has 0 spiro atoms. The number of imidazole rings is 1. The molecule has 0 atom stereocenters. The van der Waals surface area contributed by atoms with Gasteiger partial charge in [0.05, 0.1) is 7.05 Å². The quantitative estimate of drug-likeness (QED) is 0.711. The molecule has 0 aliphatic heterocycles.